The Morgan fingerprint density at radius 3 is 2.78 bits per heavy atom. The largest absolute Gasteiger partial charge is 0.477 e. The third-order valence-electron chi connectivity index (χ3n) is 2.40. The molecule has 0 spiro atoms. The van der Waals surface area contributed by atoms with Crippen LogP contribution in [-0.2, 0) is 14.8 Å². The fourth-order valence-electron chi connectivity index (χ4n) is 1.55. The van der Waals surface area contributed by atoms with Gasteiger partial charge in [0.25, 0.3) is 0 Å². The van der Waals surface area contributed by atoms with Crippen molar-refractivity contribution >= 4 is 33.2 Å². The fraction of sp³-hybridized carbons (Fsp3) is 0.333. The number of hydrogen-bond acceptors (Lipinski definition) is 5. The second-order valence-corrected chi connectivity index (χ2v) is 6.40. The highest BCUT2D eigenvalue weighted by Crippen LogP contribution is 2.19. The highest BCUT2D eigenvalue weighted by atomic mass is 32.2. The van der Waals surface area contributed by atoms with Gasteiger partial charge in [-0.3, -0.25) is 4.79 Å². The third-order valence-corrected chi connectivity index (χ3v) is 4.96. The number of carboxylic acid groups (broad SMARTS) is 1. The second kappa shape index (κ2) is 4.67. The highest BCUT2D eigenvalue weighted by molar-refractivity contribution is 7.89. The topological polar surface area (TPSA) is 113 Å². The fourth-order valence-corrected chi connectivity index (χ4v) is 3.90. The molecular formula is C9H10N2O5S2. The van der Waals surface area contributed by atoms with Crippen molar-refractivity contribution in [1.29, 1.82) is 0 Å². The molecule has 2 rings (SSSR count). The predicted molar refractivity (Wildman–Crippen MR) is 63.0 cm³/mol. The molecule has 1 unspecified atom stereocenters. The van der Waals surface area contributed by atoms with Crippen LogP contribution in [0.5, 0.6) is 0 Å². The van der Waals surface area contributed by atoms with E-state index in [0.717, 1.165) is 17.4 Å². The lowest BCUT2D eigenvalue weighted by atomic mass is 10.3. The molecule has 18 heavy (non-hydrogen) atoms. The summed E-state index contributed by atoms with van der Waals surface area (Å²) >= 11 is 0.842. The molecule has 1 aromatic heterocycles. The normalized spacial score (nSPS) is 19.8. The minimum absolute atomic E-state index is 0.0454. The van der Waals surface area contributed by atoms with Crippen molar-refractivity contribution in [3.63, 3.8) is 0 Å². The van der Waals surface area contributed by atoms with Gasteiger partial charge in [0.1, 0.15) is 4.88 Å². The number of carbonyl (C=O) groups is 2. The summed E-state index contributed by atoms with van der Waals surface area (Å²) in [4.78, 5) is 21.5. The quantitative estimate of drug-likeness (QED) is 0.699. The zero-order chi connectivity index (χ0) is 13.3. The summed E-state index contributed by atoms with van der Waals surface area (Å²) in [7, 11) is -3.77. The molecule has 1 amide bonds. The van der Waals surface area contributed by atoms with Crippen LogP contribution in [0.15, 0.2) is 16.3 Å². The lowest BCUT2D eigenvalue weighted by Gasteiger charge is -2.09. The van der Waals surface area contributed by atoms with E-state index in [0.29, 0.717) is 0 Å². The number of amides is 1. The van der Waals surface area contributed by atoms with Crippen LogP contribution >= 0.6 is 11.3 Å². The molecule has 0 bridgehead atoms. The number of carboxylic acids is 1. The average Bonchev–Trinajstić information content (AvgIpc) is 2.86. The second-order valence-electron chi connectivity index (χ2n) is 3.78. The summed E-state index contributed by atoms with van der Waals surface area (Å²) in [6.45, 7) is 0.244. The number of nitrogens with one attached hydrogen (secondary N) is 2. The monoisotopic (exact) mass is 290 g/mol. The lowest BCUT2D eigenvalue weighted by molar-refractivity contribution is -0.119. The Morgan fingerprint density at radius 1 is 1.56 bits per heavy atom. The molecule has 0 radical (unpaired) electrons. The van der Waals surface area contributed by atoms with Gasteiger partial charge in [-0.15, -0.1) is 11.3 Å². The molecule has 0 saturated carbocycles. The van der Waals surface area contributed by atoms with E-state index in [1.807, 2.05) is 0 Å². The van der Waals surface area contributed by atoms with E-state index in [1.165, 1.54) is 5.38 Å². The summed E-state index contributed by atoms with van der Waals surface area (Å²) in [5.74, 6) is -1.38. The van der Waals surface area contributed by atoms with Gasteiger partial charge >= 0.3 is 5.97 Å². The molecule has 98 valence electrons. The molecule has 1 aliphatic heterocycles. The molecule has 1 aliphatic rings. The maximum absolute atomic E-state index is 11.9. The van der Waals surface area contributed by atoms with Crippen molar-refractivity contribution in [3.05, 3.63) is 16.3 Å². The number of hydrogen-bond donors (Lipinski definition) is 3. The van der Waals surface area contributed by atoms with Gasteiger partial charge in [0.15, 0.2) is 0 Å². The van der Waals surface area contributed by atoms with Crippen molar-refractivity contribution in [2.24, 2.45) is 0 Å². The first-order chi connectivity index (χ1) is 8.38. The number of rotatable bonds is 4. The van der Waals surface area contributed by atoms with Gasteiger partial charge in [0.2, 0.25) is 15.9 Å². The molecule has 3 N–H and O–H groups in total. The molecule has 9 heteroatoms. The van der Waals surface area contributed by atoms with Crippen LogP contribution in [0.3, 0.4) is 0 Å². The van der Waals surface area contributed by atoms with Crippen LogP contribution in [-0.4, -0.2) is 38.0 Å². The number of thiophene rings is 1. The molecule has 2 heterocycles. The Hall–Kier alpha value is -1.45. The molecule has 0 aromatic carbocycles. The average molecular weight is 290 g/mol. The maximum atomic E-state index is 11.9. The van der Waals surface area contributed by atoms with Crippen LogP contribution in [0.1, 0.15) is 16.1 Å². The molecule has 0 aliphatic carbocycles. The summed E-state index contributed by atoms with van der Waals surface area (Å²) < 4.78 is 26.1. The number of sulfonamides is 1. The zero-order valence-corrected chi connectivity index (χ0v) is 10.7. The Labute approximate surface area is 107 Å². The first-order valence-electron chi connectivity index (χ1n) is 4.99. The van der Waals surface area contributed by atoms with Crippen LogP contribution < -0.4 is 10.0 Å². The van der Waals surface area contributed by atoms with Crippen molar-refractivity contribution in [1.82, 2.24) is 10.0 Å². The first kappa shape index (κ1) is 13.0. The summed E-state index contributed by atoms with van der Waals surface area (Å²) in [6.07, 6.45) is 0.0924. The van der Waals surface area contributed by atoms with Gasteiger partial charge in [-0.05, 0) is 6.07 Å². The zero-order valence-electron chi connectivity index (χ0n) is 9.04. The Kier molecular flexibility index (Phi) is 3.37. The molecule has 1 saturated heterocycles. The van der Waals surface area contributed by atoms with E-state index < -0.39 is 22.0 Å². The Balaban J connectivity index is 2.15. The van der Waals surface area contributed by atoms with E-state index >= 15 is 0 Å². The number of aromatic carboxylic acids is 1. The minimum Gasteiger partial charge on any atom is -0.477 e. The van der Waals surface area contributed by atoms with Crippen LogP contribution in [0.4, 0.5) is 0 Å². The SMILES string of the molecule is O=C1CC(NS(=O)(=O)c2csc(C(=O)O)c2)CN1. The van der Waals surface area contributed by atoms with E-state index in [-0.39, 0.29) is 28.6 Å². The van der Waals surface area contributed by atoms with Crippen LogP contribution in [0.2, 0.25) is 0 Å². The standard InChI is InChI=1S/C9H10N2O5S2/c12-8-1-5(3-10-8)11-18(15,16)6-2-7(9(13)14)17-4-6/h2,4-5,11H,1,3H2,(H,10,12)(H,13,14). The van der Waals surface area contributed by atoms with Gasteiger partial charge in [-0.2, -0.15) is 0 Å². The van der Waals surface area contributed by atoms with Crippen molar-refractivity contribution in [2.45, 2.75) is 17.4 Å². The van der Waals surface area contributed by atoms with Gasteiger partial charge in [0.05, 0.1) is 4.90 Å². The number of carbonyl (C=O) groups excluding carboxylic acids is 1. The van der Waals surface area contributed by atoms with Crippen molar-refractivity contribution < 1.29 is 23.1 Å². The third kappa shape index (κ3) is 2.68. The predicted octanol–water partition coefficient (Wildman–Crippen LogP) is -0.387. The maximum Gasteiger partial charge on any atom is 0.345 e. The van der Waals surface area contributed by atoms with Gasteiger partial charge < -0.3 is 10.4 Å². The lowest BCUT2D eigenvalue weighted by Crippen LogP contribution is -2.35. The van der Waals surface area contributed by atoms with Crippen LogP contribution in [0, 0.1) is 0 Å². The smallest absolute Gasteiger partial charge is 0.345 e. The highest BCUT2D eigenvalue weighted by Gasteiger charge is 2.27. The van der Waals surface area contributed by atoms with Crippen LogP contribution in [0.25, 0.3) is 0 Å². The van der Waals surface area contributed by atoms with E-state index in [1.54, 1.807) is 0 Å². The van der Waals surface area contributed by atoms with Gasteiger partial charge in [0, 0.05) is 24.4 Å². The Bertz CT molecular complexity index is 592. The molecule has 1 aromatic rings. The van der Waals surface area contributed by atoms with Gasteiger partial charge in [-0.1, -0.05) is 0 Å². The molecule has 7 nitrogen and oxygen atoms in total. The summed E-state index contributed by atoms with van der Waals surface area (Å²) in [5.41, 5.74) is 0. The summed E-state index contributed by atoms with van der Waals surface area (Å²) in [6, 6.07) is 0.607. The van der Waals surface area contributed by atoms with Crippen molar-refractivity contribution in [2.75, 3.05) is 6.54 Å². The van der Waals surface area contributed by atoms with E-state index in [9.17, 15) is 18.0 Å². The Morgan fingerprint density at radius 2 is 2.28 bits per heavy atom. The summed E-state index contributed by atoms with van der Waals surface area (Å²) in [5, 5.41) is 12.5. The van der Waals surface area contributed by atoms with Gasteiger partial charge in [-0.25, -0.2) is 17.9 Å². The molecule has 1 atom stereocenters. The first-order valence-corrected chi connectivity index (χ1v) is 7.35. The molecule has 1 fully saturated rings. The molecular weight excluding hydrogens is 280 g/mol. The van der Waals surface area contributed by atoms with E-state index in [4.69, 9.17) is 5.11 Å². The van der Waals surface area contributed by atoms with Crippen molar-refractivity contribution in [3.8, 4) is 0 Å². The minimum atomic E-state index is -3.77. The van der Waals surface area contributed by atoms with E-state index in [2.05, 4.69) is 10.0 Å².